The third-order valence-corrected chi connectivity index (χ3v) is 2.08. The minimum atomic E-state index is -0.130. The molecule has 0 radical (unpaired) electrons. The highest BCUT2D eigenvalue weighted by molar-refractivity contribution is 9.10. The first-order valence-electron chi connectivity index (χ1n) is 3.56. The van der Waals surface area contributed by atoms with E-state index in [1.807, 2.05) is 26.0 Å². The smallest absolute Gasteiger partial charge is 0.127 e. The molecule has 0 amide bonds. The summed E-state index contributed by atoms with van der Waals surface area (Å²) in [7, 11) is 0. The summed E-state index contributed by atoms with van der Waals surface area (Å²) in [5.41, 5.74) is 0.771. The van der Waals surface area contributed by atoms with Gasteiger partial charge in [0.1, 0.15) is 5.82 Å². The van der Waals surface area contributed by atoms with Gasteiger partial charge in [0.05, 0.1) is 0 Å². The average molecular weight is 217 g/mol. The van der Waals surface area contributed by atoms with E-state index in [2.05, 4.69) is 15.9 Å². The molecule has 0 nitrogen and oxygen atoms in total. The molecule has 0 aromatic heterocycles. The van der Waals surface area contributed by atoms with Crippen LogP contribution in [0.1, 0.15) is 25.3 Å². The maximum Gasteiger partial charge on any atom is 0.127 e. The Hall–Kier alpha value is -0.370. The Morgan fingerprint density at radius 2 is 2.00 bits per heavy atom. The lowest BCUT2D eigenvalue weighted by molar-refractivity contribution is 0.597. The molecule has 0 unspecified atom stereocenters. The Bertz CT molecular complexity index is 256. The van der Waals surface area contributed by atoms with Crippen molar-refractivity contribution in [1.29, 1.82) is 0 Å². The summed E-state index contributed by atoms with van der Waals surface area (Å²) < 4.78 is 13.9. The molecule has 0 aliphatic carbocycles. The van der Waals surface area contributed by atoms with E-state index in [0.29, 0.717) is 0 Å². The van der Waals surface area contributed by atoms with Crippen LogP contribution in [0.3, 0.4) is 0 Å². The topological polar surface area (TPSA) is 0 Å². The molecular weight excluding hydrogens is 207 g/mol. The van der Waals surface area contributed by atoms with Crippen molar-refractivity contribution >= 4 is 15.9 Å². The van der Waals surface area contributed by atoms with Gasteiger partial charge in [-0.3, -0.25) is 0 Å². The Balaban J connectivity index is 3.09. The van der Waals surface area contributed by atoms with Gasteiger partial charge in [-0.25, -0.2) is 4.39 Å². The van der Waals surface area contributed by atoms with Crippen LogP contribution in [0.15, 0.2) is 22.7 Å². The standard InChI is InChI=1S/C9H10BrF/c1-6(2)8-4-3-7(10)5-9(8)11/h3-6H,1-2H3. The molecule has 0 aliphatic heterocycles. The van der Waals surface area contributed by atoms with Crippen molar-refractivity contribution in [3.63, 3.8) is 0 Å². The van der Waals surface area contributed by atoms with Gasteiger partial charge in [0, 0.05) is 4.47 Å². The summed E-state index contributed by atoms with van der Waals surface area (Å²) in [5, 5.41) is 0. The minimum Gasteiger partial charge on any atom is -0.207 e. The molecular formula is C9H10BrF. The Kier molecular flexibility index (Phi) is 2.66. The van der Waals surface area contributed by atoms with Crippen molar-refractivity contribution in [3.8, 4) is 0 Å². The summed E-state index contributed by atoms with van der Waals surface area (Å²) in [5.74, 6) is 0.123. The van der Waals surface area contributed by atoms with Gasteiger partial charge >= 0.3 is 0 Å². The third-order valence-electron chi connectivity index (χ3n) is 1.58. The van der Waals surface area contributed by atoms with E-state index in [1.165, 1.54) is 6.07 Å². The van der Waals surface area contributed by atoms with Crippen molar-refractivity contribution < 1.29 is 4.39 Å². The average Bonchev–Trinajstić information content (AvgIpc) is 1.85. The second-order valence-corrected chi connectivity index (χ2v) is 3.74. The molecule has 11 heavy (non-hydrogen) atoms. The normalized spacial score (nSPS) is 10.6. The maximum atomic E-state index is 13.1. The van der Waals surface area contributed by atoms with Crippen LogP contribution < -0.4 is 0 Å². The molecule has 60 valence electrons. The highest BCUT2D eigenvalue weighted by Crippen LogP contribution is 2.21. The van der Waals surface area contributed by atoms with Crippen LogP contribution in [0.4, 0.5) is 4.39 Å². The van der Waals surface area contributed by atoms with E-state index in [4.69, 9.17) is 0 Å². The fourth-order valence-electron chi connectivity index (χ4n) is 0.970. The number of halogens is 2. The van der Waals surface area contributed by atoms with E-state index in [-0.39, 0.29) is 11.7 Å². The Morgan fingerprint density at radius 1 is 1.36 bits per heavy atom. The summed E-state index contributed by atoms with van der Waals surface area (Å²) in [6.45, 7) is 3.96. The van der Waals surface area contributed by atoms with Crippen LogP contribution in [0, 0.1) is 5.82 Å². The molecule has 1 aromatic carbocycles. The monoisotopic (exact) mass is 216 g/mol. The fraction of sp³-hybridized carbons (Fsp3) is 0.333. The lowest BCUT2D eigenvalue weighted by atomic mass is 10.0. The molecule has 0 fully saturated rings. The van der Waals surface area contributed by atoms with Gasteiger partial charge in [-0.1, -0.05) is 35.8 Å². The first-order chi connectivity index (χ1) is 5.11. The molecule has 0 heterocycles. The number of hydrogen-bond donors (Lipinski definition) is 0. The molecule has 0 saturated carbocycles. The summed E-state index contributed by atoms with van der Waals surface area (Å²) in [6, 6.07) is 5.16. The van der Waals surface area contributed by atoms with Crippen molar-refractivity contribution in [2.45, 2.75) is 19.8 Å². The minimum absolute atomic E-state index is 0.130. The van der Waals surface area contributed by atoms with E-state index in [9.17, 15) is 4.39 Å². The maximum absolute atomic E-state index is 13.1. The summed E-state index contributed by atoms with van der Waals surface area (Å²) in [6.07, 6.45) is 0. The van der Waals surface area contributed by atoms with E-state index in [1.54, 1.807) is 0 Å². The third kappa shape index (κ3) is 2.03. The zero-order valence-electron chi connectivity index (χ0n) is 6.57. The second kappa shape index (κ2) is 3.35. The van der Waals surface area contributed by atoms with Crippen LogP contribution in [-0.2, 0) is 0 Å². The fourth-order valence-corrected chi connectivity index (χ4v) is 1.30. The van der Waals surface area contributed by atoms with E-state index >= 15 is 0 Å². The highest BCUT2D eigenvalue weighted by atomic mass is 79.9. The number of rotatable bonds is 1. The first kappa shape index (κ1) is 8.72. The van der Waals surface area contributed by atoms with Crippen molar-refractivity contribution in [2.75, 3.05) is 0 Å². The molecule has 2 heteroatoms. The highest BCUT2D eigenvalue weighted by Gasteiger charge is 2.05. The largest absolute Gasteiger partial charge is 0.207 e. The van der Waals surface area contributed by atoms with Gasteiger partial charge in [-0.2, -0.15) is 0 Å². The lowest BCUT2D eigenvalue weighted by Crippen LogP contribution is -1.91. The molecule has 1 rings (SSSR count). The SMILES string of the molecule is CC(C)c1ccc(Br)cc1F. The molecule has 1 aromatic rings. The quantitative estimate of drug-likeness (QED) is 0.672. The molecule has 0 spiro atoms. The summed E-state index contributed by atoms with van der Waals surface area (Å²) in [4.78, 5) is 0. The Labute approximate surface area is 74.6 Å². The van der Waals surface area contributed by atoms with Gasteiger partial charge in [-0.15, -0.1) is 0 Å². The molecule has 0 atom stereocenters. The van der Waals surface area contributed by atoms with Crippen LogP contribution in [-0.4, -0.2) is 0 Å². The van der Waals surface area contributed by atoms with Crippen LogP contribution in [0.2, 0.25) is 0 Å². The number of benzene rings is 1. The molecule has 0 bridgehead atoms. The zero-order chi connectivity index (χ0) is 8.43. The van der Waals surface area contributed by atoms with Crippen LogP contribution in [0.5, 0.6) is 0 Å². The van der Waals surface area contributed by atoms with Gasteiger partial charge in [-0.05, 0) is 23.6 Å². The molecule has 0 N–H and O–H groups in total. The summed E-state index contributed by atoms with van der Waals surface area (Å²) >= 11 is 3.21. The van der Waals surface area contributed by atoms with Crippen molar-refractivity contribution in [3.05, 3.63) is 34.1 Å². The van der Waals surface area contributed by atoms with Gasteiger partial charge < -0.3 is 0 Å². The molecule has 0 saturated heterocycles. The van der Waals surface area contributed by atoms with Crippen molar-refractivity contribution in [1.82, 2.24) is 0 Å². The second-order valence-electron chi connectivity index (χ2n) is 2.82. The molecule has 0 aliphatic rings. The predicted octanol–water partition coefficient (Wildman–Crippen LogP) is 3.71. The zero-order valence-corrected chi connectivity index (χ0v) is 8.15. The van der Waals surface area contributed by atoms with E-state index < -0.39 is 0 Å². The predicted molar refractivity (Wildman–Crippen MR) is 48.2 cm³/mol. The van der Waals surface area contributed by atoms with Crippen LogP contribution >= 0.6 is 15.9 Å². The van der Waals surface area contributed by atoms with Crippen molar-refractivity contribution in [2.24, 2.45) is 0 Å². The van der Waals surface area contributed by atoms with E-state index in [0.717, 1.165) is 10.0 Å². The van der Waals surface area contributed by atoms with Gasteiger partial charge in [0.2, 0.25) is 0 Å². The van der Waals surface area contributed by atoms with Gasteiger partial charge in [0.15, 0.2) is 0 Å². The number of hydrogen-bond acceptors (Lipinski definition) is 0. The van der Waals surface area contributed by atoms with Crippen LogP contribution in [0.25, 0.3) is 0 Å². The Morgan fingerprint density at radius 3 is 2.45 bits per heavy atom. The lowest BCUT2D eigenvalue weighted by Gasteiger charge is -2.05. The van der Waals surface area contributed by atoms with Gasteiger partial charge in [0.25, 0.3) is 0 Å². The first-order valence-corrected chi connectivity index (χ1v) is 4.35.